The number of pyridine rings is 1. The first-order valence-corrected chi connectivity index (χ1v) is 11.7. The summed E-state index contributed by atoms with van der Waals surface area (Å²) in [5.41, 5.74) is 0.203. The number of fused-ring (bicyclic) bond motifs is 1. The number of benzene rings is 1. The van der Waals surface area contributed by atoms with Gasteiger partial charge in [-0.1, -0.05) is 18.2 Å². The molecular formula is C23H21FN4O3S. The zero-order chi connectivity index (χ0) is 22.5. The van der Waals surface area contributed by atoms with Crippen LogP contribution in [0.1, 0.15) is 31.2 Å². The van der Waals surface area contributed by atoms with Crippen LogP contribution in [-0.4, -0.2) is 32.9 Å². The molecule has 1 aromatic carbocycles. The maximum atomic E-state index is 15.7. The van der Waals surface area contributed by atoms with Crippen LogP contribution in [0.25, 0.3) is 22.2 Å². The maximum absolute atomic E-state index is 15.7. The van der Waals surface area contributed by atoms with E-state index in [9.17, 15) is 13.2 Å². The minimum Gasteiger partial charge on any atom is -0.300 e. The third-order valence-electron chi connectivity index (χ3n) is 6.05. The number of carbonyl (C=O) groups is 1. The highest BCUT2D eigenvalue weighted by Gasteiger charge is 2.37. The van der Waals surface area contributed by atoms with E-state index in [1.165, 1.54) is 24.5 Å². The fourth-order valence-electron chi connectivity index (χ4n) is 4.22. The molecule has 0 saturated heterocycles. The molecule has 0 bridgehead atoms. The van der Waals surface area contributed by atoms with Crippen molar-refractivity contribution in [3.05, 3.63) is 66.7 Å². The van der Waals surface area contributed by atoms with Crippen LogP contribution in [0.5, 0.6) is 0 Å². The molecule has 1 aliphatic carbocycles. The molecule has 0 atom stereocenters. The molecule has 1 aliphatic rings. The third-order valence-corrected chi connectivity index (χ3v) is 7.71. The van der Waals surface area contributed by atoms with Gasteiger partial charge in [0.1, 0.15) is 11.5 Å². The van der Waals surface area contributed by atoms with Crippen molar-refractivity contribution in [2.75, 3.05) is 0 Å². The summed E-state index contributed by atoms with van der Waals surface area (Å²) < 4.78 is 45.2. The highest BCUT2D eigenvalue weighted by atomic mass is 32.2. The standard InChI is InChI=1S/C23H21FN4O3S/c1-27-14-16(12-26-27)21-15-28(32(30,31)19-5-3-2-4-6-19)22-20(21)11-17(13-25-22)23(24)9-7-18(29)8-10-23/h2-6,11-15H,7-10H2,1H3. The van der Waals surface area contributed by atoms with E-state index in [2.05, 4.69) is 10.1 Å². The Labute approximate surface area is 184 Å². The van der Waals surface area contributed by atoms with Gasteiger partial charge in [0, 0.05) is 60.6 Å². The molecule has 0 unspecified atom stereocenters. The van der Waals surface area contributed by atoms with Gasteiger partial charge in [0.2, 0.25) is 0 Å². The van der Waals surface area contributed by atoms with E-state index in [0.29, 0.717) is 22.1 Å². The molecule has 1 fully saturated rings. The van der Waals surface area contributed by atoms with Crippen LogP contribution >= 0.6 is 0 Å². The van der Waals surface area contributed by atoms with Crippen molar-refractivity contribution in [2.45, 2.75) is 36.2 Å². The van der Waals surface area contributed by atoms with Crippen molar-refractivity contribution in [3.63, 3.8) is 0 Å². The number of alkyl halides is 1. The number of hydrogen-bond acceptors (Lipinski definition) is 5. The van der Waals surface area contributed by atoms with Crippen molar-refractivity contribution in [1.29, 1.82) is 0 Å². The lowest BCUT2D eigenvalue weighted by atomic mass is 9.81. The second kappa shape index (κ2) is 7.37. The van der Waals surface area contributed by atoms with Crippen LogP contribution in [0, 0.1) is 0 Å². The predicted molar refractivity (Wildman–Crippen MR) is 117 cm³/mol. The third kappa shape index (κ3) is 3.33. The van der Waals surface area contributed by atoms with E-state index in [0.717, 1.165) is 3.97 Å². The lowest BCUT2D eigenvalue weighted by molar-refractivity contribution is -0.123. The van der Waals surface area contributed by atoms with Crippen molar-refractivity contribution < 1.29 is 17.6 Å². The van der Waals surface area contributed by atoms with Crippen LogP contribution in [0.3, 0.4) is 0 Å². The topological polar surface area (TPSA) is 86.9 Å². The van der Waals surface area contributed by atoms with Gasteiger partial charge in [0.05, 0.1) is 11.1 Å². The normalized spacial score (nSPS) is 16.5. The molecule has 0 N–H and O–H groups in total. The highest BCUT2D eigenvalue weighted by Crippen LogP contribution is 2.42. The van der Waals surface area contributed by atoms with E-state index in [-0.39, 0.29) is 42.0 Å². The molecule has 5 rings (SSSR count). The van der Waals surface area contributed by atoms with Crippen molar-refractivity contribution >= 4 is 26.8 Å². The van der Waals surface area contributed by atoms with Crippen LogP contribution in [0.15, 0.2) is 66.1 Å². The van der Waals surface area contributed by atoms with Gasteiger partial charge in [-0.25, -0.2) is 21.8 Å². The summed E-state index contributed by atoms with van der Waals surface area (Å²) in [5.74, 6) is 0.0588. The van der Waals surface area contributed by atoms with Gasteiger partial charge in [0.25, 0.3) is 10.0 Å². The maximum Gasteiger partial charge on any atom is 0.269 e. The summed E-state index contributed by atoms with van der Waals surface area (Å²) in [6.45, 7) is 0. The fraction of sp³-hybridized carbons (Fsp3) is 0.261. The Morgan fingerprint density at radius 1 is 1.06 bits per heavy atom. The van der Waals surface area contributed by atoms with E-state index in [1.54, 1.807) is 48.4 Å². The van der Waals surface area contributed by atoms with E-state index in [1.807, 2.05) is 0 Å². The number of carbonyl (C=O) groups excluding carboxylic acids is 1. The average Bonchev–Trinajstić information content (AvgIpc) is 3.40. The van der Waals surface area contributed by atoms with Crippen molar-refractivity contribution in [1.82, 2.24) is 18.7 Å². The molecule has 0 aliphatic heterocycles. The zero-order valence-corrected chi connectivity index (χ0v) is 18.2. The number of hydrogen-bond donors (Lipinski definition) is 0. The second-order valence-electron chi connectivity index (χ2n) is 8.16. The molecule has 7 nitrogen and oxygen atoms in total. The number of ketones is 1. The van der Waals surface area contributed by atoms with Gasteiger partial charge in [-0.3, -0.25) is 9.48 Å². The summed E-state index contributed by atoms with van der Waals surface area (Å²) >= 11 is 0. The number of halogens is 1. The molecule has 4 aromatic rings. The van der Waals surface area contributed by atoms with Gasteiger partial charge in [-0.15, -0.1) is 0 Å². The lowest BCUT2D eigenvalue weighted by Gasteiger charge is -2.29. The van der Waals surface area contributed by atoms with Gasteiger partial charge >= 0.3 is 0 Å². The number of aromatic nitrogens is 4. The summed E-state index contributed by atoms with van der Waals surface area (Å²) in [4.78, 5) is 16.2. The first-order valence-electron chi connectivity index (χ1n) is 10.3. The van der Waals surface area contributed by atoms with Gasteiger partial charge in [0.15, 0.2) is 5.65 Å². The first-order chi connectivity index (χ1) is 15.3. The summed E-state index contributed by atoms with van der Waals surface area (Å²) in [6, 6.07) is 9.77. The van der Waals surface area contributed by atoms with E-state index >= 15 is 4.39 Å². The van der Waals surface area contributed by atoms with Crippen LogP contribution in [-0.2, 0) is 27.5 Å². The molecule has 164 valence electrons. The van der Waals surface area contributed by atoms with Crippen molar-refractivity contribution in [3.8, 4) is 11.1 Å². The summed E-state index contributed by atoms with van der Waals surface area (Å²) in [6.07, 6.45) is 6.88. The molecule has 9 heteroatoms. The Kier molecular flexibility index (Phi) is 4.74. The number of rotatable bonds is 4. The summed E-state index contributed by atoms with van der Waals surface area (Å²) in [5, 5.41) is 4.71. The Bertz CT molecular complexity index is 1430. The minimum atomic E-state index is -3.92. The molecule has 0 amide bonds. The minimum absolute atomic E-state index is 0.0588. The zero-order valence-electron chi connectivity index (χ0n) is 17.4. The lowest BCUT2D eigenvalue weighted by Crippen LogP contribution is -2.27. The largest absolute Gasteiger partial charge is 0.300 e. The highest BCUT2D eigenvalue weighted by molar-refractivity contribution is 7.90. The monoisotopic (exact) mass is 452 g/mol. The molecule has 0 radical (unpaired) electrons. The van der Waals surface area contributed by atoms with Gasteiger partial charge < -0.3 is 0 Å². The van der Waals surface area contributed by atoms with Crippen LogP contribution in [0.4, 0.5) is 4.39 Å². The SMILES string of the molecule is Cn1cc(-c2cn(S(=O)(=O)c3ccccc3)c3ncc(C4(F)CCC(=O)CC4)cc23)cn1. The predicted octanol–water partition coefficient (Wildman–Crippen LogP) is 3.98. The van der Waals surface area contributed by atoms with Crippen LogP contribution in [0.2, 0.25) is 0 Å². The first kappa shape index (κ1) is 20.6. The molecule has 3 aromatic heterocycles. The molecule has 1 saturated carbocycles. The average molecular weight is 453 g/mol. The number of Topliss-reactive ketones (excluding diaryl/α,β-unsaturated/α-hetero) is 1. The van der Waals surface area contributed by atoms with E-state index < -0.39 is 15.7 Å². The molecular weight excluding hydrogens is 431 g/mol. The smallest absolute Gasteiger partial charge is 0.269 e. The second-order valence-corrected chi connectivity index (χ2v) is 9.97. The van der Waals surface area contributed by atoms with Crippen LogP contribution < -0.4 is 0 Å². The Morgan fingerprint density at radius 3 is 2.44 bits per heavy atom. The number of nitrogens with zero attached hydrogens (tertiary/aromatic N) is 4. The van der Waals surface area contributed by atoms with Gasteiger partial charge in [-0.2, -0.15) is 5.10 Å². The Balaban J connectivity index is 1.73. The quantitative estimate of drug-likeness (QED) is 0.467. The Hall–Kier alpha value is -3.33. The molecule has 0 spiro atoms. The summed E-state index contributed by atoms with van der Waals surface area (Å²) in [7, 11) is -2.15. The van der Waals surface area contributed by atoms with Gasteiger partial charge in [-0.05, 0) is 31.0 Å². The molecule has 32 heavy (non-hydrogen) atoms. The molecule has 3 heterocycles. The Morgan fingerprint density at radius 2 is 1.78 bits per heavy atom. The van der Waals surface area contributed by atoms with E-state index in [4.69, 9.17) is 0 Å². The number of aryl methyl sites for hydroxylation is 1. The van der Waals surface area contributed by atoms with Crippen molar-refractivity contribution in [2.24, 2.45) is 7.05 Å². The fourth-order valence-corrected chi connectivity index (χ4v) is 5.56.